The molecule has 0 amide bonds. The average molecular weight is 275 g/mol. The third-order valence-corrected chi connectivity index (χ3v) is 5.15. The highest BCUT2D eigenvalue weighted by atomic mass is 16.1. The molecule has 0 atom stereocenters. The van der Waals surface area contributed by atoms with Gasteiger partial charge < -0.3 is 10.3 Å². The molecule has 1 spiro atoms. The van der Waals surface area contributed by atoms with Crippen LogP contribution in [0.15, 0.2) is 10.9 Å². The molecule has 1 aromatic heterocycles. The summed E-state index contributed by atoms with van der Waals surface area (Å²) in [6.07, 6.45) is 5.18. The summed E-state index contributed by atoms with van der Waals surface area (Å²) >= 11 is 0. The van der Waals surface area contributed by atoms with Gasteiger partial charge in [-0.3, -0.25) is 9.69 Å². The summed E-state index contributed by atoms with van der Waals surface area (Å²) in [7, 11) is 0. The van der Waals surface area contributed by atoms with Crippen molar-refractivity contribution in [3.63, 3.8) is 0 Å². The first-order valence-corrected chi connectivity index (χ1v) is 7.76. The summed E-state index contributed by atoms with van der Waals surface area (Å²) < 4.78 is 0. The predicted octanol–water partition coefficient (Wildman–Crippen LogP) is 1.71. The molecular formula is C16H25N3O. The van der Waals surface area contributed by atoms with E-state index < -0.39 is 0 Å². The average Bonchev–Trinajstić information content (AvgIpc) is 2.88. The molecule has 3 rings (SSSR count). The van der Waals surface area contributed by atoms with Crippen LogP contribution in [0.4, 0.5) is 0 Å². The lowest BCUT2D eigenvalue weighted by Crippen LogP contribution is -2.59. The maximum absolute atomic E-state index is 12.2. The van der Waals surface area contributed by atoms with Gasteiger partial charge in [-0.1, -0.05) is 12.8 Å². The summed E-state index contributed by atoms with van der Waals surface area (Å²) in [4.78, 5) is 17.7. The van der Waals surface area contributed by atoms with Gasteiger partial charge in [0.05, 0.1) is 0 Å². The van der Waals surface area contributed by atoms with Gasteiger partial charge in [-0.25, -0.2) is 0 Å². The number of pyridine rings is 1. The van der Waals surface area contributed by atoms with E-state index in [1.807, 2.05) is 6.92 Å². The van der Waals surface area contributed by atoms with E-state index in [9.17, 15) is 4.79 Å². The van der Waals surface area contributed by atoms with Crippen LogP contribution in [0.5, 0.6) is 0 Å². The van der Waals surface area contributed by atoms with Crippen LogP contribution in [0.1, 0.15) is 42.5 Å². The molecule has 1 saturated carbocycles. The lowest BCUT2D eigenvalue weighted by Gasteiger charge is -2.45. The van der Waals surface area contributed by atoms with Crippen molar-refractivity contribution in [2.75, 3.05) is 19.6 Å². The van der Waals surface area contributed by atoms with E-state index in [0.29, 0.717) is 5.54 Å². The zero-order valence-corrected chi connectivity index (χ0v) is 12.6. The number of hydrogen-bond donors (Lipinski definition) is 2. The molecule has 2 aliphatic rings. The second-order valence-corrected chi connectivity index (χ2v) is 6.46. The Balaban J connectivity index is 1.86. The van der Waals surface area contributed by atoms with Crippen LogP contribution < -0.4 is 10.9 Å². The van der Waals surface area contributed by atoms with Crippen molar-refractivity contribution in [2.24, 2.45) is 0 Å². The van der Waals surface area contributed by atoms with Crippen molar-refractivity contribution in [3.8, 4) is 0 Å². The van der Waals surface area contributed by atoms with Crippen LogP contribution in [0.25, 0.3) is 0 Å². The number of hydrogen-bond acceptors (Lipinski definition) is 3. The van der Waals surface area contributed by atoms with Gasteiger partial charge in [0.25, 0.3) is 5.56 Å². The number of aryl methyl sites for hydroxylation is 2. The van der Waals surface area contributed by atoms with Crippen molar-refractivity contribution in [3.05, 3.63) is 33.2 Å². The number of aromatic nitrogens is 1. The van der Waals surface area contributed by atoms with E-state index in [1.165, 1.54) is 31.2 Å². The van der Waals surface area contributed by atoms with Gasteiger partial charge in [0, 0.05) is 43.0 Å². The fraction of sp³-hybridized carbons (Fsp3) is 0.688. The highest BCUT2D eigenvalue weighted by Crippen LogP contribution is 2.36. The Morgan fingerprint density at radius 2 is 2.05 bits per heavy atom. The zero-order chi connectivity index (χ0) is 14.2. The minimum Gasteiger partial charge on any atom is -0.326 e. The number of rotatable bonds is 2. The van der Waals surface area contributed by atoms with Crippen molar-refractivity contribution in [1.82, 2.24) is 15.2 Å². The minimum atomic E-state index is 0.0831. The number of H-pyrrole nitrogens is 1. The molecule has 1 aromatic rings. The lowest BCUT2D eigenvalue weighted by molar-refractivity contribution is 0.0568. The normalized spacial score (nSPS) is 22.5. The molecule has 0 aromatic carbocycles. The molecule has 1 aliphatic heterocycles. The van der Waals surface area contributed by atoms with Crippen molar-refractivity contribution >= 4 is 0 Å². The molecule has 0 bridgehead atoms. The van der Waals surface area contributed by atoms with Gasteiger partial charge in [-0.2, -0.15) is 0 Å². The molecule has 1 aliphatic carbocycles. The molecule has 20 heavy (non-hydrogen) atoms. The molecule has 2 fully saturated rings. The molecule has 2 N–H and O–H groups in total. The molecule has 4 heteroatoms. The maximum Gasteiger partial charge on any atom is 0.252 e. The second-order valence-electron chi connectivity index (χ2n) is 6.46. The number of nitrogens with one attached hydrogen (secondary N) is 2. The van der Waals surface area contributed by atoms with Crippen LogP contribution in [0.2, 0.25) is 0 Å². The third-order valence-electron chi connectivity index (χ3n) is 5.15. The van der Waals surface area contributed by atoms with Gasteiger partial charge in [-0.15, -0.1) is 0 Å². The molecule has 0 radical (unpaired) electrons. The predicted molar refractivity (Wildman–Crippen MR) is 81.0 cm³/mol. The van der Waals surface area contributed by atoms with Crippen molar-refractivity contribution in [2.45, 2.75) is 51.6 Å². The summed E-state index contributed by atoms with van der Waals surface area (Å²) in [6.45, 7) is 7.98. The fourth-order valence-corrected chi connectivity index (χ4v) is 3.76. The van der Waals surface area contributed by atoms with Crippen LogP contribution in [-0.2, 0) is 6.54 Å². The zero-order valence-electron chi connectivity index (χ0n) is 12.6. The van der Waals surface area contributed by atoms with Crippen molar-refractivity contribution < 1.29 is 0 Å². The highest BCUT2D eigenvalue weighted by molar-refractivity contribution is 5.23. The van der Waals surface area contributed by atoms with Gasteiger partial charge in [0.1, 0.15) is 0 Å². The molecule has 2 heterocycles. The van der Waals surface area contributed by atoms with Crippen LogP contribution >= 0.6 is 0 Å². The smallest absolute Gasteiger partial charge is 0.252 e. The topological polar surface area (TPSA) is 48.1 Å². The van der Waals surface area contributed by atoms with E-state index in [2.05, 4.69) is 28.2 Å². The van der Waals surface area contributed by atoms with Gasteiger partial charge >= 0.3 is 0 Å². The van der Waals surface area contributed by atoms with E-state index in [4.69, 9.17) is 0 Å². The Morgan fingerprint density at radius 1 is 1.30 bits per heavy atom. The number of aromatic amines is 1. The summed E-state index contributed by atoms with van der Waals surface area (Å²) in [5.74, 6) is 0. The monoisotopic (exact) mass is 275 g/mol. The van der Waals surface area contributed by atoms with Crippen LogP contribution in [0.3, 0.4) is 0 Å². The van der Waals surface area contributed by atoms with E-state index in [0.717, 1.165) is 37.4 Å². The molecule has 1 saturated heterocycles. The van der Waals surface area contributed by atoms with Gasteiger partial charge in [0.2, 0.25) is 0 Å². The molecular weight excluding hydrogens is 250 g/mol. The summed E-state index contributed by atoms with van der Waals surface area (Å²) in [5.41, 5.74) is 3.45. The Hall–Kier alpha value is -1.13. The molecule has 0 unspecified atom stereocenters. The minimum absolute atomic E-state index is 0.0831. The Morgan fingerprint density at radius 3 is 2.80 bits per heavy atom. The highest BCUT2D eigenvalue weighted by Gasteiger charge is 2.41. The molecule has 4 nitrogen and oxygen atoms in total. The largest absolute Gasteiger partial charge is 0.326 e. The van der Waals surface area contributed by atoms with Gasteiger partial charge in [0.15, 0.2) is 0 Å². The quantitative estimate of drug-likeness (QED) is 0.864. The van der Waals surface area contributed by atoms with Crippen LogP contribution in [0, 0.1) is 13.8 Å². The van der Waals surface area contributed by atoms with E-state index in [1.54, 1.807) is 0 Å². The summed E-state index contributed by atoms with van der Waals surface area (Å²) in [6, 6.07) is 2.07. The number of nitrogens with zero attached hydrogens (tertiary/aromatic N) is 1. The molecule has 110 valence electrons. The van der Waals surface area contributed by atoms with E-state index in [-0.39, 0.29) is 5.56 Å². The van der Waals surface area contributed by atoms with Crippen molar-refractivity contribution in [1.29, 1.82) is 0 Å². The Kier molecular flexibility index (Phi) is 3.69. The second kappa shape index (κ2) is 5.34. The van der Waals surface area contributed by atoms with Crippen LogP contribution in [-0.4, -0.2) is 35.1 Å². The first-order chi connectivity index (χ1) is 9.61. The first kappa shape index (κ1) is 13.8. The Bertz CT molecular complexity index is 543. The first-order valence-electron chi connectivity index (χ1n) is 7.76. The third kappa shape index (κ3) is 2.42. The van der Waals surface area contributed by atoms with E-state index >= 15 is 0 Å². The van der Waals surface area contributed by atoms with Gasteiger partial charge in [-0.05, 0) is 38.3 Å². The fourth-order valence-electron chi connectivity index (χ4n) is 3.76. The maximum atomic E-state index is 12.2. The Labute approximate surface area is 120 Å². The number of piperazine rings is 1. The lowest BCUT2D eigenvalue weighted by atomic mass is 9.92. The standard InChI is InChI=1S/C16H25N3O/c1-12-9-14(15(20)18-13(12)2)10-19-8-7-17-11-16(19)5-3-4-6-16/h9,17H,3-8,10-11H2,1-2H3,(H,18,20). The summed E-state index contributed by atoms with van der Waals surface area (Å²) in [5, 5.41) is 3.54. The SMILES string of the molecule is Cc1cc(CN2CCNCC23CCCC3)c(=O)[nH]c1C.